The van der Waals surface area contributed by atoms with Crippen molar-refractivity contribution < 1.29 is 33.2 Å². The number of methoxy groups -OCH3 is 1. The number of anilines is 2. The van der Waals surface area contributed by atoms with Gasteiger partial charge in [0, 0.05) is 76.9 Å². The minimum Gasteiger partial charge on any atom is -0.494 e. The van der Waals surface area contributed by atoms with Crippen molar-refractivity contribution in [2.75, 3.05) is 56.4 Å². The van der Waals surface area contributed by atoms with Gasteiger partial charge in [-0.1, -0.05) is 6.92 Å². The number of rotatable bonds is 13. The van der Waals surface area contributed by atoms with Crippen molar-refractivity contribution in [2.45, 2.75) is 57.8 Å². The first-order valence-electron chi connectivity index (χ1n) is 13.8. The first-order valence-corrected chi connectivity index (χ1v) is 13.8. The SMILES string of the molecule is CCOc1ccc(F)c(N2CCC(Oc3ccc(N4C[C@H](OCCCOC)[C@@H](C)[C@@H]4CC(=O)O)cn3)CC2)c1. The zero-order valence-electron chi connectivity index (χ0n) is 23.1. The third kappa shape index (κ3) is 7.51. The summed E-state index contributed by atoms with van der Waals surface area (Å²) >= 11 is 0. The molecule has 2 saturated heterocycles. The predicted molar refractivity (Wildman–Crippen MR) is 146 cm³/mol. The zero-order valence-corrected chi connectivity index (χ0v) is 23.1. The molecule has 4 rings (SSSR count). The van der Waals surface area contributed by atoms with Crippen LogP contribution in [0.3, 0.4) is 0 Å². The molecule has 3 atom stereocenters. The number of aliphatic carboxylic acids is 1. The lowest BCUT2D eigenvalue weighted by Gasteiger charge is -2.34. The Balaban J connectivity index is 1.34. The van der Waals surface area contributed by atoms with Crippen LogP contribution in [0.4, 0.5) is 15.8 Å². The van der Waals surface area contributed by atoms with E-state index in [2.05, 4.69) is 9.88 Å². The van der Waals surface area contributed by atoms with E-state index >= 15 is 0 Å². The topological polar surface area (TPSA) is 93.6 Å². The molecule has 2 aliphatic heterocycles. The van der Waals surface area contributed by atoms with Crippen molar-refractivity contribution in [1.29, 1.82) is 0 Å². The van der Waals surface area contributed by atoms with Crippen LogP contribution in [0.1, 0.15) is 39.5 Å². The van der Waals surface area contributed by atoms with Gasteiger partial charge >= 0.3 is 5.97 Å². The number of aromatic nitrogens is 1. The van der Waals surface area contributed by atoms with E-state index in [1.807, 2.05) is 30.9 Å². The average molecular weight is 546 g/mol. The number of ether oxygens (including phenoxy) is 4. The Bertz CT molecular complexity index is 1060. The molecule has 0 spiro atoms. The summed E-state index contributed by atoms with van der Waals surface area (Å²) in [5.41, 5.74) is 1.40. The van der Waals surface area contributed by atoms with Crippen molar-refractivity contribution in [2.24, 2.45) is 5.92 Å². The molecule has 2 aromatic rings. The van der Waals surface area contributed by atoms with Gasteiger partial charge in [-0.2, -0.15) is 0 Å². The molecule has 1 aromatic carbocycles. The lowest BCUT2D eigenvalue weighted by molar-refractivity contribution is -0.137. The summed E-state index contributed by atoms with van der Waals surface area (Å²) < 4.78 is 37.3. The van der Waals surface area contributed by atoms with Crippen molar-refractivity contribution in [3.05, 3.63) is 42.3 Å². The Kier molecular flexibility index (Phi) is 10.2. The molecule has 0 radical (unpaired) electrons. The second-order valence-corrected chi connectivity index (χ2v) is 10.1. The smallest absolute Gasteiger partial charge is 0.305 e. The maximum absolute atomic E-state index is 14.5. The Hall–Kier alpha value is -3.11. The molecule has 214 valence electrons. The Morgan fingerprint density at radius 2 is 1.97 bits per heavy atom. The molecule has 10 heteroatoms. The van der Waals surface area contributed by atoms with Crippen LogP contribution in [0.5, 0.6) is 11.6 Å². The monoisotopic (exact) mass is 545 g/mol. The summed E-state index contributed by atoms with van der Waals surface area (Å²) in [4.78, 5) is 20.2. The minimum absolute atomic E-state index is 0.0193. The van der Waals surface area contributed by atoms with Gasteiger partial charge in [-0.3, -0.25) is 4.79 Å². The van der Waals surface area contributed by atoms with E-state index in [0.717, 1.165) is 24.9 Å². The molecule has 0 bridgehead atoms. The van der Waals surface area contributed by atoms with Crippen LogP contribution in [-0.4, -0.2) is 80.9 Å². The van der Waals surface area contributed by atoms with Crippen LogP contribution in [-0.2, 0) is 14.3 Å². The Labute approximate surface area is 229 Å². The highest BCUT2D eigenvalue weighted by molar-refractivity contribution is 5.69. The van der Waals surface area contributed by atoms with Crippen molar-refractivity contribution in [3.63, 3.8) is 0 Å². The standard InChI is InChI=1S/C29H40FN3O6/c1-4-37-23-7-8-24(30)26(16-23)32-12-10-22(11-13-32)39-28-9-6-21(18-31-28)33-19-27(38-15-5-14-36-3)20(2)25(33)17-29(34)35/h6-9,16,18,20,22,25,27H,4-5,10-15,17,19H2,1-3H3,(H,34,35)/t20-,25-,27-/m0/s1. The van der Waals surface area contributed by atoms with Crippen LogP contribution in [0, 0.1) is 11.7 Å². The van der Waals surface area contributed by atoms with E-state index < -0.39 is 5.97 Å². The van der Waals surface area contributed by atoms with Crippen LogP contribution < -0.4 is 19.3 Å². The first-order chi connectivity index (χ1) is 18.9. The van der Waals surface area contributed by atoms with Gasteiger partial charge in [0.2, 0.25) is 5.88 Å². The van der Waals surface area contributed by atoms with Crippen LogP contribution in [0.2, 0.25) is 0 Å². The second kappa shape index (κ2) is 13.8. The number of carboxylic acid groups (broad SMARTS) is 1. The first kappa shape index (κ1) is 28.9. The van der Waals surface area contributed by atoms with Gasteiger partial charge in [-0.15, -0.1) is 0 Å². The van der Waals surface area contributed by atoms with Gasteiger partial charge in [0.15, 0.2) is 0 Å². The lowest BCUT2D eigenvalue weighted by atomic mass is 9.97. The minimum atomic E-state index is -0.833. The predicted octanol–water partition coefficient (Wildman–Crippen LogP) is 4.39. The Morgan fingerprint density at radius 1 is 1.18 bits per heavy atom. The van der Waals surface area contributed by atoms with E-state index in [1.165, 1.54) is 6.07 Å². The van der Waals surface area contributed by atoms with E-state index in [4.69, 9.17) is 18.9 Å². The molecule has 3 heterocycles. The number of nitrogens with zero attached hydrogens (tertiary/aromatic N) is 3. The molecular formula is C29H40FN3O6. The third-order valence-electron chi connectivity index (χ3n) is 7.53. The summed E-state index contributed by atoms with van der Waals surface area (Å²) in [5.74, 6) is 0.161. The molecule has 0 saturated carbocycles. The summed E-state index contributed by atoms with van der Waals surface area (Å²) in [6.45, 7) is 7.64. The number of pyridine rings is 1. The van der Waals surface area contributed by atoms with Gasteiger partial charge in [-0.05, 0) is 31.5 Å². The maximum atomic E-state index is 14.5. The average Bonchev–Trinajstić information content (AvgIpc) is 3.23. The van der Waals surface area contributed by atoms with Crippen LogP contribution in [0.15, 0.2) is 36.5 Å². The molecule has 1 aromatic heterocycles. The largest absolute Gasteiger partial charge is 0.494 e. The molecule has 39 heavy (non-hydrogen) atoms. The van der Waals surface area contributed by atoms with Crippen molar-refractivity contribution in [1.82, 2.24) is 4.98 Å². The van der Waals surface area contributed by atoms with Crippen LogP contribution >= 0.6 is 0 Å². The highest BCUT2D eigenvalue weighted by Gasteiger charge is 2.41. The van der Waals surface area contributed by atoms with Gasteiger partial charge in [0.25, 0.3) is 0 Å². The quantitative estimate of drug-likeness (QED) is 0.368. The van der Waals surface area contributed by atoms with Gasteiger partial charge in [0.1, 0.15) is 17.7 Å². The normalized spacial score (nSPS) is 21.8. The maximum Gasteiger partial charge on any atom is 0.305 e. The fraction of sp³-hybridized carbons (Fsp3) is 0.586. The number of hydrogen-bond acceptors (Lipinski definition) is 8. The number of hydrogen-bond donors (Lipinski definition) is 1. The molecule has 9 nitrogen and oxygen atoms in total. The number of carbonyl (C=O) groups is 1. The molecule has 2 fully saturated rings. The van der Waals surface area contributed by atoms with E-state index in [1.54, 1.807) is 25.4 Å². The number of carboxylic acids is 1. The van der Waals surface area contributed by atoms with E-state index in [0.29, 0.717) is 56.8 Å². The summed E-state index contributed by atoms with van der Waals surface area (Å²) in [6.07, 6.45) is 3.98. The molecule has 2 aliphatic rings. The van der Waals surface area contributed by atoms with Gasteiger partial charge in [0.05, 0.1) is 36.7 Å². The summed E-state index contributed by atoms with van der Waals surface area (Å²) in [7, 11) is 1.66. The van der Waals surface area contributed by atoms with Gasteiger partial charge in [-0.25, -0.2) is 9.37 Å². The van der Waals surface area contributed by atoms with Crippen LogP contribution in [0.25, 0.3) is 0 Å². The van der Waals surface area contributed by atoms with E-state index in [-0.39, 0.29) is 36.4 Å². The molecule has 0 amide bonds. The number of halogens is 1. The molecule has 0 aliphatic carbocycles. The lowest BCUT2D eigenvalue weighted by Crippen LogP contribution is -2.38. The number of piperidine rings is 1. The Morgan fingerprint density at radius 3 is 2.64 bits per heavy atom. The van der Waals surface area contributed by atoms with Crippen molar-refractivity contribution >= 4 is 17.3 Å². The van der Waals surface area contributed by atoms with Crippen molar-refractivity contribution in [3.8, 4) is 11.6 Å². The fourth-order valence-corrected chi connectivity index (χ4v) is 5.43. The number of benzene rings is 1. The molecule has 1 N–H and O–H groups in total. The molecule has 0 unspecified atom stereocenters. The zero-order chi connectivity index (χ0) is 27.8. The summed E-state index contributed by atoms with van der Waals surface area (Å²) in [6, 6.07) is 8.44. The van der Waals surface area contributed by atoms with E-state index in [9.17, 15) is 14.3 Å². The second-order valence-electron chi connectivity index (χ2n) is 10.1. The fourth-order valence-electron chi connectivity index (χ4n) is 5.43. The molecular weight excluding hydrogens is 505 g/mol. The highest BCUT2D eigenvalue weighted by atomic mass is 19.1. The van der Waals surface area contributed by atoms with Gasteiger partial charge < -0.3 is 33.9 Å². The third-order valence-corrected chi connectivity index (χ3v) is 7.53. The summed E-state index contributed by atoms with van der Waals surface area (Å²) in [5, 5.41) is 9.51. The highest BCUT2D eigenvalue weighted by Crippen LogP contribution is 2.34.